The SMILES string of the molecule is CC(C(=O)c1ccc(F)cc1F)C(=O)C1CCC(F)CC1F.Cc1c(-c2ccc(F)cc2F)nc2sc3c(c2c1N)CCC3.N#Cc1c(N)sc2c1CCC2. The lowest BCUT2D eigenvalue weighted by Gasteiger charge is -2.28. The summed E-state index contributed by atoms with van der Waals surface area (Å²) >= 11 is 3.22. The Balaban J connectivity index is 0.000000148. The van der Waals surface area contributed by atoms with Crippen LogP contribution in [0, 0.1) is 53.4 Å². The van der Waals surface area contributed by atoms with Crippen LogP contribution in [0.5, 0.6) is 0 Å². The van der Waals surface area contributed by atoms with Gasteiger partial charge in [-0.2, -0.15) is 5.26 Å². The van der Waals surface area contributed by atoms with Gasteiger partial charge in [0.25, 0.3) is 0 Å². The predicted molar refractivity (Wildman–Crippen MR) is 204 cm³/mol. The van der Waals surface area contributed by atoms with Gasteiger partial charge in [-0.25, -0.2) is 31.3 Å². The fourth-order valence-corrected chi connectivity index (χ4v) is 9.89. The average molecular weight is 797 g/mol. The maximum atomic E-state index is 14.1. The van der Waals surface area contributed by atoms with Crippen LogP contribution in [0.25, 0.3) is 21.5 Å². The van der Waals surface area contributed by atoms with Crippen molar-refractivity contribution in [1.82, 2.24) is 4.98 Å². The minimum Gasteiger partial charge on any atom is -0.398 e. The molecule has 14 heteroatoms. The molecule has 0 amide bonds. The maximum absolute atomic E-state index is 14.1. The van der Waals surface area contributed by atoms with Gasteiger partial charge in [0.15, 0.2) is 5.78 Å². The van der Waals surface area contributed by atoms with Crippen LogP contribution in [0.3, 0.4) is 0 Å². The summed E-state index contributed by atoms with van der Waals surface area (Å²) in [6.45, 7) is 3.11. The van der Waals surface area contributed by atoms with Gasteiger partial charge in [0.1, 0.15) is 57.3 Å². The molecule has 3 aliphatic rings. The smallest absolute Gasteiger partial charge is 0.175 e. The number of rotatable bonds is 5. The number of nitrogens with two attached hydrogens (primary N) is 2. The first-order chi connectivity index (χ1) is 26.2. The van der Waals surface area contributed by atoms with Gasteiger partial charge in [0.2, 0.25) is 0 Å². The Hall–Kier alpha value is -4.74. The number of fused-ring (bicyclic) bond motifs is 4. The molecule has 1 fully saturated rings. The van der Waals surface area contributed by atoms with Gasteiger partial charge in [0.05, 0.1) is 22.7 Å². The first-order valence-corrected chi connectivity index (χ1v) is 19.6. The highest BCUT2D eigenvalue weighted by molar-refractivity contribution is 7.19. The first kappa shape index (κ1) is 39.9. The van der Waals surface area contributed by atoms with Gasteiger partial charge in [-0.05, 0) is 106 Å². The minimum atomic E-state index is -1.63. The molecular formula is C41H38F6N4O2S2. The summed E-state index contributed by atoms with van der Waals surface area (Å²) in [5, 5.41) is 10.5. The molecule has 8 rings (SSSR count). The molecule has 0 saturated heterocycles. The number of hydrogen-bond donors (Lipinski definition) is 2. The van der Waals surface area contributed by atoms with Crippen LogP contribution in [0.2, 0.25) is 0 Å². The molecular weight excluding hydrogens is 759 g/mol. The number of alkyl halides is 2. The zero-order valence-corrected chi connectivity index (χ0v) is 31.7. The van der Waals surface area contributed by atoms with Gasteiger partial charge >= 0.3 is 0 Å². The number of nitriles is 1. The van der Waals surface area contributed by atoms with Crippen LogP contribution in [-0.2, 0) is 30.5 Å². The zero-order chi connectivity index (χ0) is 39.7. The largest absolute Gasteiger partial charge is 0.398 e. The summed E-state index contributed by atoms with van der Waals surface area (Å²) < 4.78 is 80.6. The van der Waals surface area contributed by atoms with E-state index in [1.807, 2.05) is 6.92 Å². The van der Waals surface area contributed by atoms with Crippen LogP contribution >= 0.6 is 22.7 Å². The molecule has 0 spiro atoms. The first-order valence-electron chi connectivity index (χ1n) is 18.0. The number of nitrogen functional groups attached to an aromatic ring is 2. The number of anilines is 2. The molecule has 288 valence electrons. The maximum Gasteiger partial charge on any atom is 0.175 e. The third kappa shape index (κ3) is 8.14. The molecule has 3 aliphatic carbocycles. The molecule has 1 saturated carbocycles. The zero-order valence-electron chi connectivity index (χ0n) is 30.1. The van der Waals surface area contributed by atoms with Crippen molar-refractivity contribution < 1.29 is 35.9 Å². The second-order valence-electron chi connectivity index (χ2n) is 14.0. The number of hydrogen-bond acceptors (Lipinski definition) is 8. The Labute approximate surface area is 322 Å². The second kappa shape index (κ2) is 16.5. The van der Waals surface area contributed by atoms with E-state index in [2.05, 4.69) is 11.1 Å². The summed E-state index contributed by atoms with van der Waals surface area (Å²) in [6.07, 6.45) is 3.44. The summed E-state index contributed by atoms with van der Waals surface area (Å²) in [4.78, 5) is 32.5. The average Bonchev–Trinajstić information content (AvgIpc) is 3.92. The summed E-state index contributed by atoms with van der Waals surface area (Å²) in [6, 6.07) is 8.14. The van der Waals surface area contributed by atoms with E-state index in [1.54, 1.807) is 22.7 Å². The van der Waals surface area contributed by atoms with E-state index in [1.165, 1.54) is 46.4 Å². The van der Waals surface area contributed by atoms with E-state index in [0.29, 0.717) is 28.0 Å². The quantitative estimate of drug-likeness (QED) is 0.104. The van der Waals surface area contributed by atoms with E-state index in [9.17, 15) is 35.9 Å². The number of thiophene rings is 2. The normalized spacial score (nSPS) is 19.0. The molecule has 55 heavy (non-hydrogen) atoms. The van der Waals surface area contributed by atoms with Crippen molar-refractivity contribution in [3.8, 4) is 17.3 Å². The molecule has 5 aromatic rings. The number of carbonyl (C=O) groups is 2. The number of carbonyl (C=O) groups excluding carboxylic acids is 2. The molecule has 6 nitrogen and oxygen atoms in total. The fraction of sp³-hybridized carbons (Fsp3) is 0.366. The van der Waals surface area contributed by atoms with Crippen molar-refractivity contribution >= 4 is 55.1 Å². The molecule has 3 aromatic heterocycles. The minimum absolute atomic E-state index is 0.0324. The monoisotopic (exact) mass is 796 g/mol. The summed E-state index contributed by atoms with van der Waals surface area (Å²) in [5.41, 5.74) is 17.1. The van der Waals surface area contributed by atoms with Gasteiger partial charge < -0.3 is 11.5 Å². The molecule has 4 N–H and O–H groups in total. The summed E-state index contributed by atoms with van der Waals surface area (Å²) in [5.74, 6) is -6.88. The van der Waals surface area contributed by atoms with Crippen LogP contribution < -0.4 is 11.5 Å². The number of aromatic nitrogens is 1. The molecule has 2 aromatic carbocycles. The number of Topliss-reactive ketones (excluding diaryl/α,β-unsaturated/α-hetero) is 2. The molecule has 0 radical (unpaired) electrons. The number of halogens is 6. The molecule has 0 bridgehead atoms. The van der Waals surface area contributed by atoms with Gasteiger partial charge in [0, 0.05) is 50.9 Å². The molecule has 4 atom stereocenters. The van der Waals surface area contributed by atoms with Crippen LogP contribution in [0.15, 0.2) is 36.4 Å². The molecule has 3 heterocycles. The van der Waals surface area contributed by atoms with E-state index in [0.717, 1.165) is 71.6 Å². The summed E-state index contributed by atoms with van der Waals surface area (Å²) in [7, 11) is 0. The van der Waals surface area contributed by atoms with Crippen molar-refractivity contribution in [3.63, 3.8) is 0 Å². The van der Waals surface area contributed by atoms with Crippen molar-refractivity contribution in [2.45, 2.75) is 84.0 Å². The Morgan fingerprint density at radius 1 is 0.891 bits per heavy atom. The van der Waals surface area contributed by atoms with Crippen molar-refractivity contribution in [1.29, 1.82) is 5.26 Å². The lowest BCUT2D eigenvalue weighted by Crippen LogP contribution is -2.38. The molecule has 0 aliphatic heterocycles. The van der Waals surface area contributed by atoms with Crippen molar-refractivity contribution in [2.75, 3.05) is 11.5 Å². The number of nitrogens with zero attached hydrogens (tertiary/aromatic N) is 2. The lowest BCUT2D eigenvalue weighted by molar-refractivity contribution is -0.128. The lowest BCUT2D eigenvalue weighted by atomic mass is 9.78. The number of ketones is 2. The van der Waals surface area contributed by atoms with Crippen LogP contribution in [-0.4, -0.2) is 28.9 Å². The van der Waals surface area contributed by atoms with Crippen LogP contribution in [0.4, 0.5) is 37.0 Å². The van der Waals surface area contributed by atoms with E-state index in [-0.39, 0.29) is 19.3 Å². The van der Waals surface area contributed by atoms with Crippen molar-refractivity contribution in [3.05, 3.63) is 97.2 Å². The van der Waals surface area contributed by atoms with E-state index >= 15 is 0 Å². The Kier molecular flexibility index (Phi) is 12.0. The fourth-order valence-electron chi connectivity index (χ4n) is 7.50. The van der Waals surface area contributed by atoms with Crippen molar-refractivity contribution in [2.24, 2.45) is 11.8 Å². The van der Waals surface area contributed by atoms with Gasteiger partial charge in [-0.1, -0.05) is 0 Å². The van der Waals surface area contributed by atoms with Gasteiger partial charge in [-0.3, -0.25) is 9.59 Å². The Morgan fingerprint density at radius 3 is 2.16 bits per heavy atom. The third-order valence-corrected chi connectivity index (χ3v) is 12.8. The highest BCUT2D eigenvalue weighted by atomic mass is 32.1. The Morgan fingerprint density at radius 2 is 1.53 bits per heavy atom. The highest BCUT2D eigenvalue weighted by Crippen LogP contribution is 2.43. The topological polar surface area (TPSA) is 123 Å². The predicted octanol–water partition coefficient (Wildman–Crippen LogP) is 10.1. The Bertz CT molecular complexity index is 2330. The van der Waals surface area contributed by atoms with E-state index < -0.39 is 64.6 Å². The second-order valence-corrected chi connectivity index (χ2v) is 16.2. The third-order valence-electron chi connectivity index (χ3n) is 10.5. The van der Waals surface area contributed by atoms with Gasteiger partial charge in [-0.15, -0.1) is 22.7 Å². The number of aryl methyl sites for hydroxylation is 3. The van der Waals surface area contributed by atoms with Crippen LogP contribution in [0.1, 0.15) is 81.4 Å². The van der Waals surface area contributed by atoms with E-state index in [4.69, 9.17) is 16.7 Å². The number of pyridine rings is 1. The molecule has 4 unspecified atom stereocenters. The standard InChI is InChI=1S/C17H14F2N2S.C16H16F4O2.C8H8N2S/c1-8-15(20)14-11-3-2-4-13(11)22-17(14)21-16(8)10-6-5-9(18)7-12(10)19;1-8(15(21)11-4-2-9(17)6-13(11)19)16(22)12-5-3-10(18)7-14(12)20;9-4-6-5-2-1-3-7(5)11-8(6)10/h5-7H,2-4H2,1H3,(H2,20,21);2,4,6,8,10,12,14H,3,5,7H2,1H3;1-3,10H2. The highest BCUT2D eigenvalue weighted by Gasteiger charge is 2.39. The number of benzene rings is 2.